The van der Waals surface area contributed by atoms with E-state index in [-0.39, 0.29) is 23.5 Å². The van der Waals surface area contributed by atoms with Crippen LogP contribution in [-0.4, -0.2) is 57.8 Å². The van der Waals surface area contributed by atoms with Crippen molar-refractivity contribution in [2.24, 2.45) is 5.92 Å². The smallest absolute Gasteiger partial charge is 0.265 e. The fraction of sp³-hybridized carbons (Fsp3) is 0.458. The van der Waals surface area contributed by atoms with E-state index in [0.717, 1.165) is 49.5 Å². The Hall–Kier alpha value is -2.58. The number of carbonyl (C=O) groups is 1. The van der Waals surface area contributed by atoms with Gasteiger partial charge in [-0.2, -0.15) is 0 Å². The van der Waals surface area contributed by atoms with E-state index >= 15 is 0 Å². The molecule has 32 heavy (non-hydrogen) atoms. The van der Waals surface area contributed by atoms with Gasteiger partial charge >= 0.3 is 0 Å². The van der Waals surface area contributed by atoms with Crippen LogP contribution in [0.15, 0.2) is 47.4 Å². The number of ether oxygens (including phenoxy) is 1. The Morgan fingerprint density at radius 3 is 2.41 bits per heavy atom. The minimum atomic E-state index is -3.24. The molecule has 2 aliphatic rings. The van der Waals surface area contributed by atoms with Crippen molar-refractivity contribution in [2.75, 3.05) is 42.7 Å². The molecule has 0 spiro atoms. The van der Waals surface area contributed by atoms with Gasteiger partial charge in [0.25, 0.3) is 5.91 Å². The van der Waals surface area contributed by atoms with E-state index in [1.54, 1.807) is 24.3 Å². The summed E-state index contributed by atoms with van der Waals surface area (Å²) in [6, 6.07) is 12.5. The van der Waals surface area contributed by atoms with Gasteiger partial charge in [0.2, 0.25) is 0 Å². The first-order valence-corrected chi connectivity index (χ1v) is 13.0. The highest BCUT2D eigenvalue weighted by Crippen LogP contribution is 2.42. The first-order chi connectivity index (χ1) is 15.2. The molecule has 0 aromatic heterocycles. The minimum absolute atomic E-state index is 0.00513. The number of sulfone groups is 1. The molecule has 1 fully saturated rings. The van der Waals surface area contributed by atoms with Crippen molar-refractivity contribution in [3.8, 4) is 5.75 Å². The summed E-state index contributed by atoms with van der Waals surface area (Å²) in [5.41, 5.74) is 2.30. The summed E-state index contributed by atoms with van der Waals surface area (Å²) < 4.78 is 29.3. The lowest BCUT2D eigenvalue weighted by Gasteiger charge is -2.41. The van der Waals surface area contributed by atoms with Gasteiger partial charge in [-0.25, -0.2) is 8.42 Å². The van der Waals surface area contributed by atoms with Crippen molar-refractivity contribution < 1.29 is 17.9 Å². The lowest BCUT2D eigenvalue weighted by atomic mass is 10.00. The van der Waals surface area contributed by atoms with E-state index in [2.05, 4.69) is 24.1 Å². The van der Waals surface area contributed by atoms with E-state index in [4.69, 9.17) is 4.74 Å². The first-order valence-electron chi connectivity index (χ1n) is 11.1. The molecule has 0 bridgehead atoms. The molecule has 1 saturated heterocycles. The number of fused-ring (bicyclic) bond motifs is 1. The molecule has 7 nitrogen and oxygen atoms in total. The summed E-state index contributed by atoms with van der Waals surface area (Å²) in [4.78, 5) is 17.5. The van der Waals surface area contributed by atoms with Crippen LogP contribution in [0.2, 0.25) is 0 Å². The van der Waals surface area contributed by atoms with Crippen LogP contribution in [0.25, 0.3) is 0 Å². The highest BCUT2D eigenvalue weighted by molar-refractivity contribution is 7.90. The topological polar surface area (TPSA) is 79.0 Å². The Labute approximate surface area is 190 Å². The number of nitrogens with one attached hydrogen (secondary N) is 1. The summed E-state index contributed by atoms with van der Waals surface area (Å²) in [6.07, 6.45) is 3.08. The highest BCUT2D eigenvalue weighted by Gasteiger charge is 2.34. The van der Waals surface area contributed by atoms with Crippen molar-refractivity contribution in [1.82, 2.24) is 4.90 Å². The first kappa shape index (κ1) is 22.6. The lowest BCUT2D eigenvalue weighted by Crippen LogP contribution is -2.51. The molecule has 1 amide bonds. The van der Waals surface area contributed by atoms with Crippen LogP contribution in [0, 0.1) is 5.92 Å². The monoisotopic (exact) mass is 457 g/mol. The number of piperidine rings is 1. The van der Waals surface area contributed by atoms with Crippen molar-refractivity contribution in [3.05, 3.63) is 42.5 Å². The van der Waals surface area contributed by atoms with Gasteiger partial charge in [-0.1, -0.05) is 19.9 Å². The average Bonchev–Trinajstić information content (AvgIpc) is 2.74. The molecule has 2 aromatic rings. The third-order valence-corrected chi connectivity index (χ3v) is 7.10. The Kier molecular flexibility index (Phi) is 6.44. The van der Waals surface area contributed by atoms with Gasteiger partial charge in [-0.3, -0.25) is 4.79 Å². The normalized spacial score (nSPS) is 17.9. The van der Waals surface area contributed by atoms with E-state index in [1.807, 2.05) is 23.1 Å². The maximum Gasteiger partial charge on any atom is 0.265 e. The number of hydrogen-bond donors (Lipinski definition) is 1. The summed E-state index contributed by atoms with van der Waals surface area (Å²) in [7, 11) is -3.24. The fourth-order valence-electron chi connectivity index (χ4n) is 4.52. The number of carbonyl (C=O) groups excluding carboxylic acids is 1. The predicted octanol–water partition coefficient (Wildman–Crippen LogP) is 3.68. The van der Waals surface area contributed by atoms with Crippen LogP contribution in [0.5, 0.6) is 5.75 Å². The molecule has 2 aromatic carbocycles. The zero-order valence-corrected chi connectivity index (χ0v) is 19.7. The molecular formula is C24H31N3O4S. The van der Waals surface area contributed by atoms with Gasteiger partial charge in [-0.15, -0.1) is 0 Å². The quantitative estimate of drug-likeness (QED) is 0.713. The number of hydrogen-bond acceptors (Lipinski definition) is 6. The van der Waals surface area contributed by atoms with Crippen molar-refractivity contribution in [2.45, 2.75) is 37.6 Å². The molecule has 0 atom stereocenters. The predicted molar refractivity (Wildman–Crippen MR) is 127 cm³/mol. The second-order valence-corrected chi connectivity index (χ2v) is 11.1. The SMILES string of the molecule is CC(C)CN1CCC(N2C(=O)COc3c(Nc4ccc(S(C)(=O)=O)cc4)cccc32)CC1. The molecule has 172 valence electrons. The molecular weight excluding hydrogens is 426 g/mol. The van der Waals surface area contributed by atoms with Gasteiger partial charge < -0.3 is 19.9 Å². The fourth-order valence-corrected chi connectivity index (χ4v) is 5.15. The molecule has 2 aliphatic heterocycles. The van der Waals surface area contributed by atoms with E-state index in [9.17, 15) is 13.2 Å². The Balaban J connectivity index is 1.54. The number of anilines is 3. The Morgan fingerprint density at radius 2 is 1.78 bits per heavy atom. The average molecular weight is 458 g/mol. The number of rotatable bonds is 6. The van der Waals surface area contributed by atoms with E-state index < -0.39 is 9.84 Å². The summed E-state index contributed by atoms with van der Waals surface area (Å²) in [5, 5.41) is 3.31. The van der Waals surface area contributed by atoms with Gasteiger partial charge in [0.1, 0.15) is 0 Å². The molecule has 0 radical (unpaired) electrons. The molecule has 4 rings (SSSR count). The van der Waals surface area contributed by atoms with Crippen LogP contribution in [0.4, 0.5) is 17.1 Å². The second kappa shape index (κ2) is 9.11. The second-order valence-electron chi connectivity index (χ2n) is 9.05. The molecule has 0 saturated carbocycles. The largest absolute Gasteiger partial charge is 0.479 e. The van der Waals surface area contributed by atoms with Crippen molar-refractivity contribution >= 4 is 32.8 Å². The lowest BCUT2D eigenvalue weighted by molar-refractivity contribution is -0.122. The third kappa shape index (κ3) is 4.91. The standard InChI is InChI=1S/C24H31N3O4S/c1-17(2)15-26-13-11-19(12-14-26)27-22-6-4-5-21(24(22)31-16-23(27)28)25-18-7-9-20(10-8-18)32(3,29)30/h4-10,17,19,25H,11-16H2,1-3H3. The van der Waals surface area contributed by atoms with Crippen molar-refractivity contribution in [3.63, 3.8) is 0 Å². The third-order valence-electron chi connectivity index (χ3n) is 5.97. The maximum atomic E-state index is 12.8. The number of amides is 1. The van der Waals surface area contributed by atoms with Crippen LogP contribution >= 0.6 is 0 Å². The van der Waals surface area contributed by atoms with Crippen LogP contribution in [-0.2, 0) is 14.6 Å². The molecule has 2 heterocycles. The van der Waals surface area contributed by atoms with Gasteiger partial charge in [0.05, 0.1) is 16.3 Å². The zero-order chi connectivity index (χ0) is 22.9. The maximum absolute atomic E-state index is 12.8. The van der Waals surface area contributed by atoms with E-state index in [1.165, 1.54) is 6.26 Å². The number of nitrogens with zero attached hydrogens (tertiary/aromatic N) is 2. The van der Waals surface area contributed by atoms with Crippen LogP contribution in [0.1, 0.15) is 26.7 Å². The number of likely N-dealkylation sites (tertiary alicyclic amines) is 1. The van der Waals surface area contributed by atoms with Gasteiger partial charge in [0, 0.05) is 37.6 Å². The van der Waals surface area contributed by atoms with Gasteiger partial charge in [0.15, 0.2) is 22.2 Å². The molecule has 0 aliphatic carbocycles. The Morgan fingerprint density at radius 1 is 1.09 bits per heavy atom. The highest BCUT2D eigenvalue weighted by atomic mass is 32.2. The number of para-hydroxylation sites is 1. The van der Waals surface area contributed by atoms with Crippen LogP contribution < -0.4 is 15.0 Å². The Bertz CT molecular complexity index is 1070. The number of benzene rings is 2. The summed E-state index contributed by atoms with van der Waals surface area (Å²) in [5.74, 6) is 1.29. The van der Waals surface area contributed by atoms with Crippen molar-refractivity contribution in [1.29, 1.82) is 0 Å². The molecule has 8 heteroatoms. The summed E-state index contributed by atoms with van der Waals surface area (Å²) >= 11 is 0. The zero-order valence-electron chi connectivity index (χ0n) is 18.9. The molecule has 1 N–H and O–H groups in total. The van der Waals surface area contributed by atoms with E-state index in [0.29, 0.717) is 11.7 Å². The van der Waals surface area contributed by atoms with Gasteiger partial charge in [-0.05, 0) is 55.2 Å². The minimum Gasteiger partial charge on any atom is -0.479 e. The molecule has 0 unspecified atom stereocenters. The van der Waals surface area contributed by atoms with Crippen LogP contribution in [0.3, 0.4) is 0 Å². The summed E-state index contributed by atoms with van der Waals surface area (Å²) in [6.45, 7) is 7.56.